The Morgan fingerprint density at radius 1 is 1.12 bits per heavy atom. The molecule has 3 aliphatic rings. The lowest BCUT2D eigenvalue weighted by Gasteiger charge is -2.41. The Hall–Kier alpha value is -3.20. The van der Waals surface area contributed by atoms with Crippen LogP contribution in [0.15, 0.2) is 42.5 Å². The molecule has 2 aromatic carbocycles. The second-order valence-corrected chi connectivity index (χ2v) is 8.90. The summed E-state index contributed by atoms with van der Waals surface area (Å²) in [6, 6.07) is 16.9. The molecule has 1 amide bonds. The Morgan fingerprint density at radius 2 is 1.88 bits per heavy atom. The van der Waals surface area contributed by atoms with Crippen molar-refractivity contribution in [1.29, 1.82) is 5.26 Å². The highest BCUT2D eigenvalue weighted by atomic mass is 16.6. The largest absolute Gasteiger partial charge is 0.494 e. The number of rotatable bonds is 6. The topological polar surface area (TPSA) is 74.6 Å². The molecule has 166 valence electrons. The lowest BCUT2D eigenvalue weighted by Crippen LogP contribution is -2.41. The minimum atomic E-state index is -0.398. The summed E-state index contributed by atoms with van der Waals surface area (Å²) in [6.45, 7) is 2.60. The van der Waals surface area contributed by atoms with Gasteiger partial charge in [-0.25, -0.2) is 4.79 Å². The van der Waals surface area contributed by atoms with E-state index in [-0.39, 0.29) is 18.1 Å². The van der Waals surface area contributed by atoms with Crippen LogP contribution < -0.4 is 15.0 Å². The van der Waals surface area contributed by atoms with Crippen LogP contribution in [0, 0.1) is 11.3 Å². The molecular weight excluding hydrogens is 402 g/mol. The summed E-state index contributed by atoms with van der Waals surface area (Å²) < 4.78 is 11.1. The normalized spacial score (nSPS) is 22.3. The van der Waals surface area contributed by atoms with E-state index in [4.69, 9.17) is 9.47 Å². The molecule has 1 aliphatic heterocycles. The lowest BCUT2D eigenvalue weighted by molar-refractivity contribution is 0.0624. The van der Waals surface area contributed by atoms with Gasteiger partial charge >= 0.3 is 6.09 Å². The highest BCUT2D eigenvalue weighted by Crippen LogP contribution is 2.53. The van der Waals surface area contributed by atoms with Crippen molar-refractivity contribution < 1.29 is 14.3 Å². The van der Waals surface area contributed by atoms with Crippen LogP contribution in [0.3, 0.4) is 0 Å². The third kappa shape index (κ3) is 3.77. The van der Waals surface area contributed by atoms with Gasteiger partial charge in [0.15, 0.2) is 0 Å². The number of fused-ring (bicyclic) bond motifs is 1. The number of nitrogens with one attached hydrogen (secondary N) is 1. The number of hydrogen-bond donors (Lipinski definition) is 1. The number of carbonyl (C=O) groups is 1. The van der Waals surface area contributed by atoms with Crippen LogP contribution in [0.25, 0.3) is 0 Å². The molecule has 0 radical (unpaired) electrons. The molecule has 2 fully saturated rings. The summed E-state index contributed by atoms with van der Waals surface area (Å²) in [6.07, 6.45) is 6.18. The number of nitriles is 1. The Labute approximate surface area is 189 Å². The molecule has 2 aromatic rings. The smallest absolute Gasteiger partial charge is 0.411 e. The molecule has 2 saturated carbocycles. The number of ether oxygens (including phenoxy) is 2. The molecule has 2 atom stereocenters. The summed E-state index contributed by atoms with van der Waals surface area (Å²) in [5.41, 5.74) is 3.97. The fourth-order valence-corrected chi connectivity index (χ4v) is 4.88. The number of anilines is 2. The predicted molar refractivity (Wildman–Crippen MR) is 123 cm³/mol. The van der Waals surface area contributed by atoms with Crippen molar-refractivity contribution in [2.75, 3.05) is 16.8 Å². The molecule has 2 unspecified atom stereocenters. The number of hydrogen-bond acceptors (Lipinski definition) is 5. The van der Waals surface area contributed by atoms with Crippen LogP contribution in [0.4, 0.5) is 16.2 Å². The van der Waals surface area contributed by atoms with E-state index in [1.807, 2.05) is 43.3 Å². The summed E-state index contributed by atoms with van der Waals surface area (Å²) >= 11 is 0. The quantitative estimate of drug-likeness (QED) is 0.616. The molecule has 1 N–H and O–H groups in total. The average molecular weight is 432 g/mol. The Morgan fingerprint density at radius 3 is 2.47 bits per heavy atom. The summed E-state index contributed by atoms with van der Waals surface area (Å²) in [5, 5.41) is 12.9. The van der Waals surface area contributed by atoms with Gasteiger partial charge in [-0.3, -0.25) is 5.32 Å². The van der Waals surface area contributed by atoms with E-state index < -0.39 is 6.09 Å². The standard InChI is InChI=1S/C26H29N3O3/c1-2-31-21-13-14-22-23(16-27)25(29(24(22)15-21)19-5-3-6-19)17-9-11-18(12-10-17)28-26(30)32-20-7-4-8-20/h9-15,19-20,23,25H,2-8H2,1H3,(H,28,30). The Bertz CT molecular complexity index is 1020. The molecule has 5 rings (SSSR count). The third-order valence-electron chi connectivity index (χ3n) is 6.97. The first kappa shape index (κ1) is 20.7. The summed E-state index contributed by atoms with van der Waals surface area (Å²) in [7, 11) is 0. The van der Waals surface area contributed by atoms with Crippen molar-refractivity contribution in [3.63, 3.8) is 0 Å². The zero-order valence-electron chi connectivity index (χ0n) is 18.4. The van der Waals surface area contributed by atoms with E-state index in [0.717, 1.165) is 54.7 Å². The van der Waals surface area contributed by atoms with Crippen LogP contribution in [0.2, 0.25) is 0 Å². The first-order chi connectivity index (χ1) is 15.7. The van der Waals surface area contributed by atoms with Gasteiger partial charge in [-0.05, 0) is 74.8 Å². The number of amides is 1. The second-order valence-electron chi connectivity index (χ2n) is 8.90. The van der Waals surface area contributed by atoms with Crippen LogP contribution >= 0.6 is 0 Å². The predicted octanol–water partition coefficient (Wildman–Crippen LogP) is 5.91. The van der Waals surface area contributed by atoms with Gasteiger partial charge < -0.3 is 14.4 Å². The first-order valence-corrected chi connectivity index (χ1v) is 11.7. The van der Waals surface area contributed by atoms with Crippen LogP contribution in [0.1, 0.15) is 68.5 Å². The van der Waals surface area contributed by atoms with Crippen LogP contribution in [-0.2, 0) is 4.74 Å². The van der Waals surface area contributed by atoms with Crippen LogP contribution in [0.5, 0.6) is 5.75 Å². The monoisotopic (exact) mass is 431 g/mol. The van der Waals surface area contributed by atoms with Crippen molar-refractivity contribution in [3.05, 3.63) is 53.6 Å². The van der Waals surface area contributed by atoms with E-state index in [1.54, 1.807) is 0 Å². The molecule has 0 saturated heterocycles. The minimum absolute atomic E-state index is 0.0480. The second kappa shape index (κ2) is 8.74. The summed E-state index contributed by atoms with van der Waals surface area (Å²) in [5.74, 6) is 0.598. The molecule has 32 heavy (non-hydrogen) atoms. The molecule has 6 heteroatoms. The van der Waals surface area contributed by atoms with Gasteiger partial charge in [-0.1, -0.05) is 18.2 Å². The van der Waals surface area contributed by atoms with E-state index in [1.165, 1.54) is 6.42 Å². The maximum Gasteiger partial charge on any atom is 0.411 e. The Balaban J connectivity index is 1.40. The molecule has 0 bridgehead atoms. The number of carbonyl (C=O) groups excluding carboxylic acids is 1. The van der Waals surface area contributed by atoms with E-state index in [2.05, 4.69) is 22.4 Å². The maximum atomic E-state index is 12.1. The number of benzene rings is 2. The molecule has 0 spiro atoms. The first-order valence-electron chi connectivity index (χ1n) is 11.7. The molecule has 0 aromatic heterocycles. The maximum absolute atomic E-state index is 12.1. The van der Waals surface area contributed by atoms with E-state index in [0.29, 0.717) is 18.3 Å². The van der Waals surface area contributed by atoms with E-state index >= 15 is 0 Å². The van der Waals surface area contributed by atoms with Crippen molar-refractivity contribution >= 4 is 17.5 Å². The SMILES string of the molecule is CCOc1ccc2c(c1)N(C1CCC1)C(c1ccc(NC(=O)OC3CCC3)cc1)C2C#N. The van der Waals surface area contributed by atoms with Crippen molar-refractivity contribution in [3.8, 4) is 11.8 Å². The molecular formula is C26H29N3O3. The van der Waals surface area contributed by atoms with Gasteiger partial charge in [0.2, 0.25) is 0 Å². The average Bonchev–Trinajstić information content (AvgIpc) is 3.04. The minimum Gasteiger partial charge on any atom is -0.494 e. The van der Waals surface area contributed by atoms with E-state index in [9.17, 15) is 10.1 Å². The Kier molecular flexibility index (Phi) is 5.65. The van der Waals surface area contributed by atoms with Crippen molar-refractivity contribution in [2.24, 2.45) is 0 Å². The molecule has 6 nitrogen and oxygen atoms in total. The third-order valence-corrected chi connectivity index (χ3v) is 6.97. The fourth-order valence-electron chi connectivity index (χ4n) is 4.88. The van der Waals surface area contributed by atoms with Gasteiger partial charge in [-0.15, -0.1) is 0 Å². The van der Waals surface area contributed by atoms with Gasteiger partial charge in [0.05, 0.1) is 24.6 Å². The molecule has 2 aliphatic carbocycles. The zero-order valence-corrected chi connectivity index (χ0v) is 18.4. The van der Waals surface area contributed by atoms with Gasteiger partial charge in [0.25, 0.3) is 0 Å². The molecule has 1 heterocycles. The van der Waals surface area contributed by atoms with Gasteiger partial charge in [-0.2, -0.15) is 5.26 Å². The van der Waals surface area contributed by atoms with Crippen molar-refractivity contribution in [1.82, 2.24) is 0 Å². The number of nitrogens with zero attached hydrogens (tertiary/aromatic N) is 2. The van der Waals surface area contributed by atoms with Crippen molar-refractivity contribution in [2.45, 2.75) is 69.6 Å². The highest BCUT2D eigenvalue weighted by Gasteiger charge is 2.44. The van der Waals surface area contributed by atoms with Gasteiger partial charge in [0, 0.05) is 23.5 Å². The van der Waals surface area contributed by atoms with Gasteiger partial charge in [0.1, 0.15) is 11.9 Å². The zero-order chi connectivity index (χ0) is 22.1. The highest BCUT2D eigenvalue weighted by molar-refractivity contribution is 5.84. The lowest BCUT2D eigenvalue weighted by atomic mass is 9.87. The fraction of sp³-hybridized carbons (Fsp3) is 0.462. The summed E-state index contributed by atoms with van der Waals surface area (Å²) in [4.78, 5) is 14.5. The van der Waals surface area contributed by atoms with Crippen LogP contribution in [-0.4, -0.2) is 24.8 Å².